The van der Waals surface area contributed by atoms with Crippen molar-refractivity contribution in [2.75, 3.05) is 67.2 Å². The van der Waals surface area contributed by atoms with E-state index in [2.05, 4.69) is 30.7 Å². The van der Waals surface area contributed by atoms with Gasteiger partial charge in [-0.25, -0.2) is 9.97 Å². The maximum atomic E-state index is 11.6. The van der Waals surface area contributed by atoms with Crippen molar-refractivity contribution < 1.29 is 14.3 Å². The van der Waals surface area contributed by atoms with Crippen molar-refractivity contribution in [3.63, 3.8) is 0 Å². The zero-order valence-electron chi connectivity index (χ0n) is 18.1. The van der Waals surface area contributed by atoms with Gasteiger partial charge in [0.05, 0.1) is 31.3 Å². The van der Waals surface area contributed by atoms with Crippen LogP contribution in [0.3, 0.4) is 0 Å². The molecule has 3 heterocycles. The predicted molar refractivity (Wildman–Crippen MR) is 129 cm³/mol. The van der Waals surface area contributed by atoms with Gasteiger partial charge in [0.15, 0.2) is 0 Å². The van der Waals surface area contributed by atoms with Gasteiger partial charge >= 0.3 is 5.97 Å². The van der Waals surface area contributed by atoms with E-state index < -0.39 is 5.97 Å². The standard InChI is InChI=1S/C22H29N7O3.CH4/c23-20(24)13-21(30)32-16-17-2-1-3-18(12-17)27-4-6-28(7-5-27)19-14-25-22(26-15-19)29-8-10-31-11-9-29;/h1-3,12,14-15H,4-11,13,16H2,(H3,23,24);1H4. The van der Waals surface area contributed by atoms with Crippen molar-refractivity contribution in [3.05, 3.63) is 42.2 Å². The maximum Gasteiger partial charge on any atom is 0.313 e. The lowest BCUT2D eigenvalue weighted by Gasteiger charge is -2.37. The molecule has 33 heavy (non-hydrogen) atoms. The van der Waals surface area contributed by atoms with Crippen molar-refractivity contribution in [2.45, 2.75) is 20.5 Å². The SMILES string of the molecule is C.N=C(N)CC(=O)OCc1cccc(N2CCN(c3cnc(N4CCOCC4)nc3)CC2)c1. The van der Waals surface area contributed by atoms with Gasteiger partial charge in [-0.05, 0) is 17.7 Å². The van der Waals surface area contributed by atoms with Gasteiger partial charge in [-0.2, -0.15) is 0 Å². The first-order valence-corrected chi connectivity index (χ1v) is 10.8. The van der Waals surface area contributed by atoms with Crippen LogP contribution in [0.4, 0.5) is 17.3 Å². The summed E-state index contributed by atoms with van der Waals surface area (Å²) in [6.45, 7) is 6.75. The zero-order valence-corrected chi connectivity index (χ0v) is 18.1. The Kier molecular flexibility index (Phi) is 8.42. The summed E-state index contributed by atoms with van der Waals surface area (Å²) in [5.74, 6) is 0.0811. The first kappa shape index (κ1) is 24.2. The Morgan fingerprint density at radius 3 is 2.27 bits per heavy atom. The van der Waals surface area contributed by atoms with Crippen LogP contribution in [0.5, 0.6) is 0 Å². The van der Waals surface area contributed by atoms with E-state index in [0.29, 0.717) is 0 Å². The fourth-order valence-corrected chi connectivity index (χ4v) is 3.84. The van der Waals surface area contributed by atoms with E-state index in [4.69, 9.17) is 20.6 Å². The summed E-state index contributed by atoms with van der Waals surface area (Å²) < 4.78 is 10.6. The third-order valence-electron chi connectivity index (χ3n) is 5.57. The molecule has 0 spiro atoms. The number of benzene rings is 1. The minimum atomic E-state index is -0.488. The van der Waals surface area contributed by atoms with Gasteiger partial charge in [0.2, 0.25) is 5.95 Å². The Balaban J connectivity index is 0.00000306. The molecule has 2 aromatic rings. The quantitative estimate of drug-likeness (QED) is 0.365. The van der Waals surface area contributed by atoms with E-state index in [0.717, 1.165) is 75.4 Å². The summed E-state index contributed by atoms with van der Waals surface area (Å²) in [6, 6.07) is 8.00. The van der Waals surface area contributed by atoms with Crippen LogP contribution in [0.15, 0.2) is 36.7 Å². The number of hydrogen-bond acceptors (Lipinski definition) is 9. The Morgan fingerprint density at radius 1 is 1.00 bits per heavy atom. The Morgan fingerprint density at radius 2 is 1.64 bits per heavy atom. The topological polar surface area (TPSA) is 121 Å². The number of anilines is 3. The van der Waals surface area contributed by atoms with Gasteiger partial charge < -0.3 is 29.9 Å². The number of nitrogens with zero attached hydrogens (tertiary/aromatic N) is 5. The number of ether oxygens (including phenoxy) is 2. The first-order chi connectivity index (χ1) is 15.6. The van der Waals surface area contributed by atoms with E-state index in [1.165, 1.54) is 0 Å². The summed E-state index contributed by atoms with van der Waals surface area (Å²) in [7, 11) is 0. The number of rotatable bonds is 7. The molecule has 2 aliphatic heterocycles. The number of carbonyl (C=O) groups excluding carboxylic acids is 1. The molecule has 3 N–H and O–H groups in total. The van der Waals surface area contributed by atoms with Crippen LogP contribution in [-0.2, 0) is 20.9 Å². The third kappa shape index (κ3) is 6.55. The summed E-state index contributed by atoms with van der Waals surface area (Å²) in [4.78, 5) is 27.5. The second-order valence-electron chi connectivity index (χ2n) is 7.85. The summed E-state index contributed by atoms with van der Waals surface area (Å²) in [5.41, 5.74) is 8.28. The first-order valence-electron chi connectivity index (χ1n) is 10.8. The molecule has 0 aliphatic carbocycles. The number of amidine groups is 1. The highest BCUT2D eigenvalue weighted by Crippen LogP contribution is 2.22. The van der Waals surface area contributed by atoms with Gasteiger partial charge in [0, 0.05) is 45.0 Å². The summed E-state index contributed by atoms with van der Waals surface area (Å²) in [5, 5.41) is 7.16. The normalized spacial score (nSPS) is 16.2. The zero-order chi connectivity index (χ0) is 22.3. The fraction of sp³-hybridized carbons (Fsp3) is 0.478. The van der Waals surface area contributed by atoms with E-state index >= 15 is 0 Å². The van der Waals surface area contributed by atoms with Crippen LogP contribution in [0, 0.1) is 5.41 Å². The van der Waals surface area contributed by atoms with Crippen LogP contribution in [-0.4, -0.2) is 74.3 Å². The van der Waals surface area contributed by atoms with Gasteiger partial charge in [-0.15, -0.1) is 0 Å². The molecule has 0 amide bonds. The lowest BCUT2D eigenvalue weighted by Crippen LogP contribution is -2.46. The molecule has 4 rings (SSSR count). The number of piperazine rings is 1. The monoisotopic (exact) mass is 455 g/mol. The molecule has 178 valence electrons. The molecule has 10 nitrogen and oxygen atoms in total. The fourth-order valence-electron chi connectivity index (χ4n) is 3.84. The van der Waals surface area contributed by atoms with Crippen LogP contribution >= 0.6 is 0 Å². The molecule has 10 heteroatoms. The number of esters is 1. The lowest BCUT2D eigenvalue weighted by molar-refractivity contribution is -0.143. The molecule has 0 unspecified atom stereocenters. The van der Waals surface area contributed by atoms with E-state index in [1.54, 1.807) is 0 Å². The third-order valence-corrected chi connectivity index (χ3v) is 5.57. The van der Waals surface area contributed by atoms with Crippen molar-refractivity contribution in [3.8, 4) is 0 Å². The summed E-state index contributed by atoms with van der Waals surface area (Å²) in [6.07, 6.45) is 3.63. The molecule has 0 atom stereocenters. The van der Waals surface area contributed by atoms with Crippen molar-refractivity contribution in [1.82, 2.24) is 9.97 Å². The number of morpholine rings is 1. The number of carbonyl (C=O) groups is 1. The molecule has 2 fully saturated rings. The number of nitrogens with two attached hydrogens (primary N) is 1. The van der Waals surface area contributed by atoms with E-state index in [9.17, 15) is 4.79 Å². The Bertz CT molecular complexity index is 924. The highest BCUT2D eigenvalue weighted by Gasteiger charge is 2.20. The predicted octanol–water partition coefficient (Wildman–Crippen LogP) is 1.65. The van der Waals surface area contributed by atoms with Crippen molar-refractivity contribution in [2.24, 2.45) is 5.73 Å². The highest BCUT2D eigenvalue weighted by atomic mass is 16.5. The van der Waals surface area contributed by atoms with Gasteiger partial charge in [-0.1, -0.05) is 19.6 Å². The molecule has 0 radical (unpaired) electrons. The van der Waals surface area contributed by atoms with Crippen molar-refractivity contribution >= 4 is 29.1 Å². The molecule has 1 aromatic heterocycles. The Labute approximate surface area is 194 Å². The molecule has 1 aromatic carbocycles. The second kappa shape index (κ2) is 11.5. The number of hydrogen-bond donors (Lipinski definition) is 2. The smallest absolute Gasteiger partial charge is 0.313 e. The van der Waals surface area contributed by atoms with Gasteiger partial charge in [0.25, 0.3) is 0 Å². The minimum Gasteiger partial charge on any atom is -0.460 e. The molecule has 0 bridgehead atoms. The highest BCUT2D eigenvalue weighted by molar-refractivity contribution is 5.94. The molecule has 2 aliphatic rings. The largest absolute Gasteiger partial charge is 0.460 e. The molecular formula is C23H33N7O3. The van der Waals surface area contributed by atoms with Crippen LogP contribution in [0.25, 0.3) is 0 Å². The van der Waals surface area contributed by atoms with Gasteiger partial charge in [0.1, 0.15) is 18.9 Å². The molecule has 0 saturated carbocycles. The number of nitrogens with one attached hydrogen (secondary N) is 1. The molecular weight excluding hydrogens is 422 g/mol. The Hall–Kier alpha value is -3.40. The van der Waals surface area contributed by atoms with Crippen LogP contribution < -0.4 is 20.4 Å². The lowest BCUT2D eigenvalue weighted by atomic mass is 10.1. The maximum absolute atomic E-state index is 11.6. The molecule has 2 saturated heterocycles. The van der Waals surface area contributed by atoms with E-state index in [-0.39, 0.29) is 26.3 Å². The summed E-state index contributed by atoms with van der Waals surface area (Å²) >= 11 is 0. The van der Waals surface area contributed by atoms with Crippen LogP contribution in [0.2, 0.25) is 0 Å². The second-order valence-corrected chi connectivity index (χ2v) is 7.85. The van der Waals surface area contributed by atoms with E-state index in [1.807, 2.05) is 30.6 Å². The average molecular weight is 456 g/mol. The van der Waals surface area contributed by atoms with Gasteiger partial charge in [-0.3, -0.25) is 10.2 Å². The van der Waals surface area contributed by atoms with Crippen molar-refractivity contribution in [1.29, 1.82) is 5.41 Å². The van der Waals surface area contributed by atoms with Crippen LogP contribution in [0.1, 0.15) is 19.4 Å². The average Bonchev–Trinajstić information content (AvgIpc) is 2.83. The number of aromatic nitrogens is 2. The minimum absolute atomic E-state index is 0.